The number of carbonyl (C=O) groups excluding carboxylic acids is 3. The number of alkyl halides is 3. The van der Waals surface area contributed by atoms with E-state index in [0.717, 1.165) is 0 Å². The van der Waals surface area contributed by atoms with Gasteiger partial charge in [0.2, 0.25) is 5.91 Å². The van der Waals surface area contributed by atoms with Gasteiger partial charge in [-0.25, -0.2) is 9.59 Å². The van der Waals surface area contributed by atoms with Crippen molar-refractivity contribution >= 4 is 28.6 Å². The molecule has 150 valence electrons. The largest absolute Gasteiger partial charge is 0.491 e. The molecule has 1 aliphatic heterocycles. The number of carbonyl (C=O) groups is 3. The van der Waals surface area contributed by atoms with Crippen molar-refractivity contribution < 1.29 is 41.4 Å². The number of rotatable bonds is 4. The number of nitrogens with two attached hydrogens (primary N) is 1. The van der Waals surface area contributed by atoms with Gasteiger partial charge in [0.25, 0.3) is 0 Å². The second kappa shape index (κ2) is 7.46. The summed E-state index contributed by atoms with van der Waals surface area (Å²) in [6.07, 6.45) is -5.61. The topological polar surface area (TPSA) is 139 Å². The maximum Gasteiger partial charge on any atom is 0.491 e. The van der Waals surface area contributed by atoms with E-state index in [1.807, 2.05) is 0 Å². The average molecular weight is 410 g/mol. The fourth-order valence-corrected chi connectivity index (χ4v) is 4.20. The van der Waals surface area contributed by atoms with E-state index in [1.165, 1.54) is 12.1 Å². The van der Waals surface area contributed by atoms with E-state index in [2.05, 4.69) is 9.46 Å². The monoisotopic (exact) mass is 410 g/mol. The van der Waals surface area contributed by atoms with Crippen LogP contribution in [-0.4, -0.2) is 39.2 Å². The van der Waals surface area contributed by atoms with Gasteiger partial charge in [-0.3, -0.25) is 18.6 Å². The third kappa shape index (κ3) is 4.97. The van der Waals surface area contributed by atoms with Gasteiger partial charge >= 0.3 is 18.1 Å². The minimum atomic E-state index is -5.30. The summed E-state index contributed by atoms with van der Waals surface area (Å²) in [7, 11) is -3.33. The number of aryl methyl sites for hydroxylation is 1. The van der Waals surface area contributed by atoms with Crippen molar-refractivity contribution in [1.29, 1.82) is 0 Å². The molecule has 0 bridgehead atoms. The third-order valence-corrected chi connectivity index (χ3v) is 5.64. The van der Waals surface area contributed by atoms with Crippen LogP contribution in [0.5, 0.6) is 0 Å². The molecule has 1 aliphatic rings. The van der Waals surface area contributed by atoms with Crippen LogP contribution in [0.4, 0.5) is 13.2 Å². The van der Waals surface area contributed by atoms with E-state index in [0.29, 0.717) is 16.7 Å². The predicted octanol–water partition coefficient (Wildman–Crippen LogP) is 1.72. The van der Waals surface area contributed by atoms with Crippen molar-refractivity contribution in [3.63, 3.8) is 0 Å². The lowest BCUT2D eigenvalue weighted by Crippen LogP contribution is -2.38. The molecule has 8 nitrogen and oxygen atoms in total. The molecule has 0 radical (unpaired) electrons. The molecule has 27 heavy (non-hydrogen) atoms. The lowest BCUT2D eigenvalue weighted by atomic mass is 9.97. The molecule has 1 aromatic carbocycles. The second-order valence-electron chi connectivity index (χ2n) is 6.02. The highest BCUT2D eigenvalue weighted by Crippen LogP contribution is 2.56. The summed E-state index contributed by atoms with van der Waals surface area (Å²) in [6, 6.07) is 3.05. The summed E-state index contributed by atoms with van der Waals surface area (Å²) in [5, 5.41) is -0.831. The van der Waals surface area contributed by atoms with Gasteiger partial charge in [0, 0.05) is 0 Å². The van der Waals surface area contributed by atoms with Gasteiger partial charge in [0.05, 0.1) is 6.42 Å². The van der Waals surface area contributed by atoms with Crippen LogP contribution < -0.4 is 10.5 Å². The molecule has 0 aromatic heterocycles. The van der Waals surface area contributed by atoms with E-state index >= 15 is 0 Å². The van der Waals surface area contributed by atoms with Crippen LogP contribution in [0.1, 0.15) is 28.4 Å². The average Bonchev–Trinajstić information content (AvgIpc) is 2.78. The van der Waals surface area contributed by atoms with Crippen LogP contribution in [0.15, 0.2) is 18.2 Å². The number of nitrogens with one attached hydrogen (secondary N) is 1. The Morgan fingerprint density at radius 3 is 2.52 bits per heavy atom. The molecule has 1 unspecified atom stereocenters. The van der Waals surface area contributed by atoms with Crippen molar-refractivity contribution in [1.82, 2.24) is 4.72 Å². The minimum Gasteiger partial charge on any atom is -0.385 e. The first kappa shape index (κ1) is 21.2. The molecular formula is C15H17F3N2O6S. The summed E-state index contributed by atoms with van der Waals surface area (Å²) in [4.78, 5) is 33.6. The number of hydrogen-bond donors (Lipinski definition) is 4. The molecular weight excluding hydrogens is 393 g/mol. The molecule has 1 heterocycles. The number of benzene rings is 1. The maximum atomic E-state index is 12.1. The van der Waals surface area contributed by atoms with Crippen molar-refractivity contribution in [2.24, 2.45) is 5.73 Å². The summed E-state index contributed by atoms with van der Waals surface area (Å²) < 4.78 is 62.0. The van der Waals surface area contributed by atoms with E-state index in [1.54, 1.807) is 13.0 Å². The molecule has 0 aliphatic carbocycles. The van der Waals surface area contributed by atoms with Crippen molar-refractivity contribution in [2.75, 3.05) is 0 Å². The van der Waals surface area contributed by atoms with Gasteiger partial charge in [-0.05, 0) is 30.0 Å². The minimum absolute atomic E-state index is 0.103. The van der Waals surface area contributed by atoms with Gasteiger partial charge in [-0.2, -0.15) is 13.2 Å². The van der Waals surface area contributed by atoms with Gasteiger partial charge in [-0.1, -0.05) is 18.2 Å². The highest BCUT2D eigenvalue weighted by atomic mass is 32.3. The van der Waals surface area contributed by atoms with Crippen molar-refractivity contribution in [3.05, 3.63) is 34.9 Å². The zero-order valence-electron chi connectivity index (χ0n) is 13.9. The number of ether oxygens (including phenoxy) is 1. The van der Waals surface area contributed by atoms with Gasteiger partial charge in [-0.15, -0.1) is 10.8 Å². The summed E-state index contributed by atoms with van der Waals surface area (Å²) in [5.41, 5.74) is 7.01. The van der Waals surface area contributed by atoms with E-state index < -0.39 is 46.1 Å². The molecule has 12 heteroatoms. The Kier molecular flexibility index (Phi) is 5.85. The number of halogens is 3. The third-order valence-electron chi connectivity index (χ3n) is 3.90. The quantitative estimate of drug-likeness (QED) is 0.438. The Balaban J connectivity index is 2.08. The molecule has 2 rings (SSSR count). The predicted molar refractivity (Wildman–Crippen MR) is 88.4 cm³/mol. The molecule has 0 spiro atoms. The summed E-state index contributed by atoms with van der Waals surface area (Å²) >= 11 is 0. The molecule has 5 N–H and O–H groups in total. The zero-order valence-corrected chi connectivity index (χ0v) is 14.8. The molecule has 1 aromatic rings. The fourth-order valence-electron chi connectivity index (χ4n) is 2.64. The van der Waals surface area contributed by atoms with E-state index in [-0.39, 0.29) is 12.8 Å². The highest BCUT2D eigenvalue weighted by molar-refractivity contribution is 8.23. The molecule has 1 fully saturated rings. The molecule has 2 atom stereocenters. The number of amides is 1. The van der Waals surface area contributed by atoms with Gasteiger partial charge in [0.15, 0.2) is 0 Å². The number of hydrogen-bond acceptors (Lipinski definition) is 7. The molecule has 0 saturated carbocycles. The van der Waals surface area contributed by atoms with Gasteiger partial charge < -0.3 is 10.5 Å². The van der Waals surface area contributed by atoms with Crippen LogP contribution in [0.3, 0.4) is 0 Å². The molecule has 1 amide bonds. The van der Waals surface area contributed by atoms with Crippen molar-refractivity contribution in [2.45, 2.75) is 37.2 Å². The maximum absolute atomic E-state index is 12.1. The number of esters is 2. The van der Waals surface area contributed by atoms with Crippen LogP contribution in [-0.2, 0) is 25.5 Å². The normalized spacial score (nSPS) is 21.3. The first-order valence-corrected chi connectivity index (χ1v) is 9.17. The van der Waals surface area contributed by atoms with Crippen molar-refractivity contribution in [3.8, 4) is 0 Å². The molecule has 1 saturated heterocycles. The van der Waals surface area contributed by atoms with Crippen LogP contribution in [0.25, 0.3) is 0 Å². The second-order valence-corrected chi connectivity index (χ2v) is 7.98. The van der Waals surface area contributed by atoms with E-state index in [4.69, 9.17) is 5.73 Å². The van der Waals surface area contributed by atoms with Crippen LogP contribution in [0, 0.1) is 6.92 Å². The van der Waals surface area contributed by atoms with Crippen LogP contribution in [0.2, 0.25) is 0 Å². The zero-order chi connectivity index (χ0) is 20.6. The van der Waals surface area contributed by atoms with E-state index in [9.17, 15) is 36.7 Å². The smallest absolute Gasteiger partial charge is 0.385 e. The lowest BCUT2D eigenvalue weighted by Gasteiger charge is -2.33. The Labute approximate surface area is 153 Å². The first-order valence-electron chi connectivity index (χ1n) is 7.56. The Bertz CT molecular complexity index is 783. The van der Waals surface area contributed by atoms with Gasteiger partial charge in [0.1, 0.15) is 11.3 Å². The highest BCUT2D eigenvalue weighted by Gasteiger charge is 2.43. The SMILES string of the molecule is Cc1cc(C[C@H](N)C(=O)OC(=O)C(F)(F)F)ccc1C1CC(=O)NS1(O)O. The summed E-state index contributed by atoms with van der Waals surface area (Å²) in [6.45, 7) is 1.63. The lowest BCUT2D eigenvalue weighted by molar-refractivity contribution is -0.202. The fraction of sp³-hybridized carbons (Fsp3) is 0.400. The standard InChI is InChI=1S/C15H17F3N2O6S/c1-7-4-8(5-10(19)13(22)26-14(23)15(16,17)18)2-3-9(7)11-6-12(21)20-27(11,24)25/h2-4,10-11,24-25H,5-6,19H2,1H3,(H,20,21)/t10-,11?/m0/s1. The summed E-state index contributed by atoms with van der Waals surface area (Å²) in [5.74, 6) is -4.65. The Morgan fingerprint density at radius 2 is 2.04 bits per heavy atom. The Morgan fingerprint density at radius 1 is 1.41 bits per heavy atom. The first-order chi connectivity index (χ1) is 12.3. The van der Waals surface area contributed by atoms with Crippen LogP contribution >= 0.6 is 10.8 Å². The Hall–Kier alpha value is -2.15.